The number of rotatable bonds is 4. The van der Waals surface area contributed by atoms with Gasteiger partial charge < -0.3 is 0 Å². The number of hydrogen-bond acceptors (Lipinski definition) is 5. The molecule has 0 amide bonds. The molecule has 0 unspecified atom stereocenters. The summed E-state index contributed by atoms with van der Waals surface area (Å²) in [6.07, 6.45) is 6.90. The van der Waals surface area contributed by atoms with E-state index in [1.54, 1.807) is 42.3 Å². The van der Waals surface area contributed by atoms with Crippen LogP contribution in [-0.2, 0) is 7.05 Å². The van der Waals surface area contributed by atoms with Gasteiger partial charge in [0.1, 0.15) is 0 Å². The third kappa shape index (κ3) is 3.43. The molecule has 3 aromatic rings. The molecule has 0 bridgehead atoms. The van der Waals surface area contributed by atoms with Crippen LogP contribution in [0.4, 0.5) is 5.69 Å². The number of nitro benzene ring substituents is 1. The van der Waals surface area contributed by atoms with Gasteiger partial charge in [0, 0.05) is 48.9 Å². The molecule has 0 atom stereocenters. The SMILES string of the molecule is Cn1cc(/C=C(/C#N)c2ccc([N+](=O)[O-])cc2)c(-c2ccncc2)n1. The van der Waals surface area contributed by atoms with Gasteiger partial charge in [0.25, 0.3) is 5.69 Å². The summed E-state index contributed by atoms with van der Waals surface area (Å²) in [5, 5.41) is 24.7. The Hall–Kier alpha value is -3.79. The van der Waals surface area contributed by atoms with Crippen LogP contribution in [-0.4, -0.2) is 19.7 Å². The molecule has 0 aliphatic heterocycles. The van der Waals surface area contributed by atoms with Gasteiger partial charge in [-0.3, -0.25) is 19.8 Å². The molecule has 0 aliphatic rings. The summed E-state index contributed by atoms with van der Waals surface area (Å²) in [4.78, 5) is 14.3. The lowest BCUT2D eigenvalue weighted by molar-refractivity contribution is -0.384. The van der Waals surface area contributed by atoms with Crippen LogP contribution in [0.3, 0.4) is 0 Å². The van der Waals surface area contributed by atoms with E-state index in [0.29, 0.717) is 11.1 Å². The number of aryl methyl sites for hydroxylation is 1. The Kier molecular flexibility index (Phi) is 4.35. The first-order valence-electron chi connectivity index (χ1n) is 7.39. The molecular weight excluding hydrogens is 318 g/mol. The van der Waals surface area contributed by atoms with E-state index in [-0.39, 0.29) is 5.69 Å². The van der Waals surface area contributed by atoms with E-state index in [9.17, 15) is 15.4 Å². The first-order chi connectivity index (χ1) is 12.1. The first kappa shape index (κ1) is 16.1. The van der Waals surface area contributed by atoms with E-state index in [4.69, 9.17) is 0 Å². The lowest BCUT2D eigenvalue weighted by Crippen LogP contribution is -1.89. The van der Waals surface area contributed by atoms with E-state index >= 15 is 0 Å². The molecule has 0 N–H and O–H groups in total. The molecule has 0 aliphatic carbocycles. The topological polar surface area (TPSA) is 97.6 Å². The molecule has 122 valence electrons. The van der Waals surface area contributed by atoms with E-state index < -0.39 is 4.92 Å². The molecule has 0 saturated heterocycles. The molecule has 0 fully saturated rings. The monoisotopic (exact) mass is 331 g/mol. The maximum Gasteiger partial charge on any atom is 0.269 e. The minimum absolute atomic E-state index is 0.0140. The molecular formula is C18H13N5O2. The smallest absolute Gasteiger partial charge is 0.269 e. The number of allylic oxidation sites excluding steroid dienone is 1. The summed E-state index contributed by atoms with van der Waals surface area (Å²) in [6.45, 7) is 0. The number of nitrogens with zero attached hydrogens (tertiary/aromatic N) is 5. The molecule has 25 heavy (non-hydrogen) atoms. The molecule has 7 heteroatoms. The van der Waals surface area contributed by atoms with Gasteiger partial charge in [0.2, 0.25) is 0 Å². The second-order valence-corrected chi connectivity index (χ2v) is 5.32. The largest absolute Gasteiger partial charge is 0.275 e. The van der Waals surface area contributed by atoms with Gasteiger partial charge in [-0.2, -0.15) is 10.4 Å². The van der Waals surface area contributed by atoms with Gasteiger partial charge >= 0.3 is 0 Å². The second kappa shape index (κ2) is 6.76. The molecule has 7 nitrogen and oxygen atoms in total. The number of benzene rings is 1. The summed E-state index contributed by atoms with van der Waals surface area (Å²) in [5.74, 6) is 0. The van der Waals surface area contributed by atoms with Crippen molar-refractivity contribution >= 4 is 17.3 Å². The summed E-state index contributed by atoms with van der Waals surface area (Å²) in [7, 11) is 1.81. The Balaban J connectivity index is 2.04. The minimum Gasteiger partial charge on any atom is -0.275 e. The average Bonchev–Trinajstić information content (AvgIpc) is 3.01. The number of pyridine rings is 1. The molecule has 2 aromatic heterocycles. The summed E-state index contributed by atoms with van der Waals surface area (Å²) >= 11 is 0. The van der Waals surface area contributed by atoms with Crippen molar-refractivity contribution in [3.63, 3.8) is 0 Å². The van der Waals surface area contributed by atoms with Crippen LogP contribution in [0.5, 0.6) is 0 Å². The number of nitriles is 1. The van der Waals surface area contributed by atoms with E-state index in [2.05, 4.69) is 16.2 Å². The number of non-ortho nitro benzene ring substituents is 1. The zero-order valence-electron chi connectivity index (χ0n) is 13.3. The van der Waals surface area contributed by atoms with E-state index in [1.807, 2.05) is 18.3 Å². The van der Waals surface area contributed by atoms with Gasteiger partial charge in [-0.15, -0.1) is 0 Å². The predicted molar refractivity (Wildman–Crippen MR) is 93.0 cm³/mol. The highest BCUT2D eigenvalue weighted by atomic mass is 16.6. The van der Waals surface area contributed by atoms with Crippen molar-refractivity contribution in [2.45, 2.75) is 0 Å². The molecule has 0 radical (unpaired) electrons. The molecule has 0 spiro atoms. The summed E-state index contributed by atoms with van der Waals surface area (Å²) < 4.78 is 1.67. The first-order valence-corrected chi connectivity index (χ1v) is 7.39. The lowest BCUT2D eigenvalue weighted by Gasteiger charge is -2.01. The number of aromatic nitrogens is 3. The van der Waals surface area contributed by atoms with E-state index in [1.165, 1.54) is 12.1 Å². The van der Waals surface area contributed by atoms with E-state index in [0.717, 1.165) is 16.8 Å². The molecule has 3 rings (SSSR count). The van der Waals surface area contributed by atoms with Crippen molar-refractivity contribution in [1.29, 1.82) is 5.26 Å². The fourth-order valence-corrected chi connectivity index (χ4v) is 2.44. The van der Waals surface area contributed by atoms with Crippen LogP contribution in [0, 0.1) is 21.4 Å². The zero-order chi connectivity index (χ0) is 17.8. The third-order valence-electron chi connectivity index (χ3n) is 3.62. The Labute approximate surface area is 143 Å². The second-order valence-electron chi connectivity index (χ2n) is 5.32. The van der Waals surface area contributed by atoms with Crippen LogP contribution in [0.2, 0.25) is 0 Å². The molecule has 0 saturated carbocycles. The fraction of sp³-hybridized carbons (Fsp3) is 0.0556. The van der Waals surface area contributed by atoms with Gasteiger partial charge in [0.05, 0.1) is 22.3 Å². The van der Waals surface area contributed by atoms with Gasteiger partial charge in [-0.05, 0) is 35.9 Å². The number of nitro groups is 1. The third-order valence-corrected chi connectivity index (χ3v) is 3.62. The lowest BCUT2D eigenvalue weighted by atomic mass is 10.0. The highest BCUT2D eigenvalue weighted by molar-refractivity contribution is 5.92. The van der Waals surface area contributed by atoms with Gasteiger partial charge in [-0.1, -0.05) is 0 Å². The highest BCUT2D eigenvalue weighted by Crippen LogP contribution is 2.26. The van der Waals surface area contributed by atoms with Crippen molar-refractivity contribution in [2.75, 3.05) is 0 Å². The van der Waals surface area contributed by atoms with Crippen molar-refractivity contribution in [2.24, 2.45) is 7.05 Å². The normalized spacial score (nSPS) is 11.1. The van der Waals surface area contributed by atoms with Gasteiger partial charge in [0.15, 0.2) is 0 Å². The molecule has 2 heterocycles. The minimum atomic E-state index is -0.470. The Morgan fingerprint density at radius 2 is 1.92 bits per heavy atom. The maximum atomic E-state index is 10.8. The average molecular weight is 331 g/mol. The van der Waals surface area contributed by atoms with Crippen molar-refractivity contribution in [1.82, 2.24) is 14.8 Å². The number of hydrogen-bond donors (Lipinski definition) is 0. The Morgan fingerprint density at radius 1 is 1.24 bits per heavy atom. The van der Waals surface area contributed by atoms with Crippen LogP contribution < -0.4 is 0 Å². The Morgan fingerprint density at radius 3 is 2.52 bits per heavy atom. The highest BCUT2D eigenvalue weighted by Gasteiger charge is 2.11. The predicted octanol–water partition coefficient (Wildman–Crippen LogP) is 3.45. The van der Waals surface area contributed by atoms with Crippen molar-refractivity contribution in [3.8, 4) is 17.3 Å². The quantitative estimate of drug-likeness (QED) is 0.414. The van der Waals surface area contributed by atoms with Crippen LogP contribution in [0.1, 0.15) is 11.1 Å². The van der Waals surface area contributed by atoms with Crippen LogP contribution >= 0.6 is 0 Å². The fourth-order valence-electron chi connectivity index (χ4n) is 2.44. The van der Waals surface area contributed by atoms with Crippen molar-refractivity contribution in [3.05, 3.63) is 76.2 Å². The van der Waals surface area contributed by atoms with Crippen LogP contribution in [0.15, 0.2) is 55.0 Å². The Bertz CT molecular complexity index is 983. The van der Waals surface area contributed by atoms with Gasteiger partial charge in [-0.25, -0.2) is 0 Å². The van der Waals surface area contributed by atoms with Crippen LogP contribution in [0.25, 0.3) is 22.9 Å². The summed E-state index contributed by atoms with van der Waals surface area (Å²) in [6, 6.07) is 11.7. The standard InChI is InChI=1S/C18H13N5O2/c1-22-12-16(18(21-22)14-6-8-20-9-7-14)10-15(11-19)13-2-4-17(5-3-13)23(24)25/h2-10,12H,1H3/b15-10-. The molecule has 1 aromatic carbocycles. The maximum absolute atomic E-state index is 10.8. The van der Waals surface area contributed by atoms with Crippen molar-refractivity contribution < 1.29 is 4.92 Å². The summed E-state index contributed by atoms with van der Waals surface area (Å²) in [5.41, 5.74) is 3.40. The zero-order valence-corrected chi connectivity index (χ0v) is 13.3.